The van der Waals surface area contributed by atoms with Crippen LogP contribution in [0.25, 0.3) is 11.3 Å². The van der Waals surface area contributed by atoms with Gasteiger partial charge in [-0.15, -0.1) is 0 Å². The molecule has 1 N–H and O–H groups in total. The number of aromatic nitrogens is 2. The Hall–Kier alpha value is -2.83. The van der Waals surface area contributed by atoms with E-state index in [9.17, 15) is 26.4 Å². The van der Waals surface area contributed by atoms with E-state index in [2.05, 4.69) is 15.3 Å². The van der Waals surface area contributed by atoms with Crippen LogP contribution in [0.4, 0.5) is 13.2 Å². The zero-order chi connectivity index (χ0) is 23.6. The van der Waals surface area contributed by atoms with Crippen molar-refractivity contribution in [1.82, 2.24) is 19.6 Å². The highest BCUT2D eigenvalue weighted by Crippen LogP contribution is 2.31. The van der Waals surface area contributed by atoms with Crippen molar-refractivity contribution in [2.75, 3.05) is 6.54 Å². The number of alkyl halides is 3. The molecule has 1 amide bonds. The van der Waals surface area contributed by atoms with Gasteiger partial charge in [-0.1, -0.05) is 12.1 Å². The summed E-state index contributed by atoms with van der Waals surface area (Å²) >= 11 is 1.27. The summed E-state index contributed by atoms with van der Waals surface area (Å²) in [4.78, 5) is 21.1. The van der Waals surface area contributed by atoms with Crippen molar-refractivity contribution in [3.8, 4) is 11.3 Å². The van der Waals surface area contributed by atoms with Crippen LogP contribution in [0.1, 0.15) is 24.1 Å². The molecule has 174 valence electrons. The molecule has 1 atom stereocenters. The standard InChI is InChI=1S/C21H19F3N4O3S2/c22-21(23,24)15-5-3-14(4-6-15)18-10-16(26-13-27-18)11-25-20(29)19-2-1-8-28(19)33(30,31)17-7-9-32-12-17/h3-7,9-10,12-13,19H,1-2,8,11H2,(H,25,29)/t19-/m0/s1. The van der Waals surface area contributed by atoms with E-state index in [0.29, 0.717) is 29.8 Å². The molecule has 0 unspecified atom stereocenters. The van der Waals surface area contributed by atoms with Crippen LogP contribution in [0.5, 0.6) is 0 Å². The first-order chi connectivity index (χ1) is 15.7. The maximum atomic E-state index is 12.8. The molecule has 1 aromatic carbocycles. The highest BCUT2D eigenvalue weighted by molar-refractivity contribution is 7.89. The SMILES string of the molecule is O=C(NCc1cc(-c2ccc(C(F)(F)F)cc2)ncn1)[C@@H]1CCCN1S(=O)(=O)c1ccsc1. The fraction of sp³-hybridized carbons (Fsp3) is 0.286. The van der Waals surface area contributed by atoms with Gasteiger partial charge in [0, 0.05) is 17.5 Å². The average Bonchev–Trinajstić information content (AvgIpc) is 3.50. The third-order valence-corrected chi connectivity index (χ3v) is 8.02. The van der Waals surface area contributed by atoms with Crippen molar-refractivity contribution in [3.05, 3.63) is 64.7 Å². The fourth-order valence-corrected chi connectivity index (χ4v) is 6.27. The van der Waals surface area contributed by atoms with Gasteiger partial charge in [-0.25, -0.2) is 18.4 Å². The number of rotatable bonds is 6. The zero-order valence-electron chi connectivity index (χ0n) is 17.1. The van der Waals surface area contributed by atoms with Crippen molar-refractivity contribution >= 4 is 27.3 Å². The molecule has 0 radical (unpaired) electrons. The molecule has 2 aromatic heterocycles. The summed E-state index contributed by atoms with van der Waals surface area (Å²) in [6.07, 6.45) is -2.18. The van der Waals surface area contributed by atoms with E-state index in [1.807, 2.05) is 0 Å². The first-order valence-electron chi connectivity index (χ1n) is 9.96. The minimum atomic E-state index is -4.43. The zero-order valence-corrected chi connectivity index (χ0v) is 18.8. The van der Waals surface area contributed by atoms with Crippen molar-refractivity contribution in [3.63, 3.8) is 0 Å². The Morgan fingerprint density at radius 1 is 1.18 bits per heavy atom. The third-order valence-electron chi connectivity index (χ3n) is 5.28. The number of nitrogens with zero attached hydrogens (tertiary/aromatic N) is 3. The van der Waals surface area contributed by atoms with Gasteiger partial charge in [-0.05, 0) is 42.5 Å². The Balaban J connectivity index is 1.44. The fourth-order valence-electron chi connectivity index (χ4n) is 3.60. The quantitative estimate of drug-likeness (QED) is 0.562. The number of thiophene rings is 1. The van der Waals surface area contributed by atoms with E-state index in [4.69, 9.17) is 0 Å². The van der Waals surface area contributed by atoms with Crippen LogP contribution in [-0.4, -0.2) is 41.2 Å². The van der Waals surface area contributed by atoms with Gasteiger partial charge in [0.15, 0.2) is 0 Å². The van der Waals surface area contributed by atoms with E-state index in [1.165, 1.54) is 45.5 Å². The summed E-state index contributed by atoms with van der Waals surface area (Å²) < 4.78 is 65.2. The maximum Gasteiger partial charge on any atom is 0.416 e. The average molecular weight is 497 g/mol. The number of hydrogen-bond donors (Lipinski definition) is 1. The summed E-state index contributed by atoms with van der Waals surface area (Å²) in [6.45, 7) is 0.291. The smallest absolute Gasteiger partial charge is 0.349 e. The van der Waals surface area contributed by atoms with Gasteiger partial charge in [0.2, 0.25) is 15.9 Å². The summed E-state index contributed by atoms with van der Waals surface area (Å²) in [6, 6.07) is 6.85. The van der Waals surface area contributed by atoms with Crippen LogP contribution in [0.3, 0.4) is 0 Å². The number of carbonyl (C=O) groups excluding carboxylic acids is 1. The molecule has 3 aromatic rings. The predicted octanol–water partition coefficient (Wildman–Crippen LogP) is 3.69. The Kier molecular flexibility index (Phi) is 6.50. The second-order valence-corrected chi connectivity index (χ2v) is 10.1. The molecule has 12 heteroatoms. The van der Waals surface area contributed by atoms with E-state index in [-0.39, 0.29) is 18.0 Å². The lowest BCUT2D eigenvalue weighted by Crippen LogP contribution is -2.45. The van der Waals surface area contributed by atoms with Gasteiger partial charge in [0.05, 0.1) is 28.4 Å². The predicted molar refractivity (Wildman–Crippen MR) is 116 cm³/mol. The second kappa shape index (κ2) is 9.20. The van der Waals surface area contributed by atoms with Gasteiger partial charge in [0.1, 0.15) is 12.4 Å². The van der Waals surface area contributed by atoms with Crippen molar-refractivity contribution in [2.24, 2.45) is 0 Å². The largest absolute Gasteiger partial charge is 0.416 e. The molecule has 1 aliphatic heterocycles. The van der Waals surface area contributed by atoms with Crippen LogP contribution in [0.15, 0.2) is 58.4 Å². The van der Waals surface area contributed by atoms with Crippen molar-refractivity contribution < 1.29 is 26.4 Å². The topological polar surface area (TPSA) is 92.3 Å². The number of hydrogen-bond acceptors (Lipinski definition) is 6. The van der Waals surface area contributed by atoms with Gasteiger partial charge >= 0.3 is 6.18 Å². The van der Waals surface area contributed by atoms with Gasteiger partial charge in [0.25, 0.3) is 0 Å². The number of amides is 1. The Labute approximate surface area is 192 Å². The first-order valence-corrected chi connectivity index (χ1v) is 12.3. The van der Waals surface area contributed by atoms with Gasteiger partial charge in [-0.3, -0.25) is 4.79 Å². The minimum Gasteiger partial charge on any atom is -0.349 e. The van der Waals surface area contributed by atoms with E-state index >= 15 is 0 Å². The molecular formula is C21H19F3N4O3S2. The molecular weight excluding hydrogens is 477 g/mol. The maximum absolute atomic E-state index is 12.8. The van der Waals surface area contributed by atoms with Crippen LogP contribution < -0.4 is 5.32 Å². The van der Waals surface area contributed by atoms with Crippen LogP contribution in [0.2, 0.25) is 0 Å². The van der Waals surface area contributed by atoms with E-state index in [1.54, 1.807) is 11.4 Å². The highest BCUT2D eigenvalue weighted by atomic mass is 32.2. The lowest BCUT2D eigenvalue weighted by molar-refractivity contribution is -0.137. The van der Waals surface area contributed by atoms with Crippen LogP contribution in [-0.2, 0) is 27.5 Å². The third kappa shape index (κ3) is 5.07. The van der Waals surface area contributed by atoms with E-state index < -0.39 is 33.7 Å². The number of carbonyl (C=O) groups is 1. The second-order valence-electron chi connectivity index (χ2n) is 7.42. The summed E-state index contributed by atoms with van der Waals surface area (Å²) in [7, 11) is -3.75. The summed E-state index contributed by atoms with van der Waals surface area (Å²) in [5, 5.41) is 5.92. The van der Waals surface area contributed by atoms with Crippen molar-refractivity contribution in [2.45, 2.75) is 36.5 Å². The van der Waals surface area contributed by atoms with Gasteiger partial charge < -0.3 is 5.32 Å². The van der Waals surface area contributed by atoms with Crippen LogP contribution in [0, 0.1) is 0 Å². The molecule has 0 aliphatic carbocycles. The molecule has 1 saturated heterocycles. The molecule has 0 saturated carbocycles. The molecule has 4 rings (SSSR count). The normalized spacial score (nSPS) is 17.2. The summed E-state index contributed by atoms with van der Waals surface area (Å²) in [5.74, 6) is -0.430. The molecule has 1 aliphatic rings. The Bertz CT molecular complexity index is 1230. The monoisotopic (exact) mass is 496 g/mol. The highest BCUT2D eigenvalue weighted by Gasteiger charge is 2.39. The molecule has 0 spiro atoms. The molecule has 0 bridgehead atoms. The number of nitrogens with one attached hydrogen (secondary N) is 1. The minimum absolute atomic E-state index is 0.0256. The lowest BCUT2D eigenvalue weighted by Gasteiger charge is -2.22. The lowest BCUT2D eigenvalue weighted by atomic mass is 10.1. The number of sulfonamides is 1. The van der Waals surface area contributed by atoms with E-state index in [0.717, 1.165) is 12.1 Å². The Morgan fingerprint density at radius 3 is 2.61 bits per heavy atom. The van der Waals surface area contributed by atoms with Gasteiger partial charge in [-0.2, -0.15) is 28.8 Å². The number of halogens is 3. The molecule has 33 heavy (non-hydrogen) atoms. The summed E-state index contributed by atoms with van der Waals surface area (Å²) in [5.41, 5.74) is 0.567. The number of benzene rings is 1. The van der Waals surface area contributed by atoms with Crippen LogP contribution >= 0.6 is 11.3 Å². The molecule has 3 heterocycles. The molecule has 7 nitrogen and oxygen atoms in total. The van der Waals surface area contributed by atoms with Crippen molar-refractivity contribution in [1.29, 1.82) is 0 Å². The first kappa shape index (κ1) is 23.3. The Morgan fingerprint density at radius 2 is 1.94 bits per heavy atom. The molecule has 1 fully saturated rings.